The van der Waals surface area contributed by atoms with Crippen molar-refractivity contribution in [1.29, 1.82) is 0 Å². The highest BCUT2D eigenvalue weighted by Crippen LogP contribution is 2.34. The number of methoxy groups -OCH3 is 2. The van der Waals surface area contributed by atoms with E-state index in [9.17, 15) is 14.4 Å². The maximum absolute atomic E-state index is 12.8. The molecule has 0 N–H and O–H groups in total. The number of hydrogen-bond donors (Lipinski definition) is 0. The number of thiophene rings is 1. The first-order valence-corrected chi connectivity index (χ1v) is 9.54. The highest BCUT2D eigenvalue weighted by molar-refractivity contribution is 7.26. The number of para-hydroxylation sites is 1. The van der Waals surface area contributed by atoms with Crippen LogP contribution in [0.2, 0.25) is 0 Å². The van der Waals surface area contributed by atoms with Gasteiger partial charge in [0.05, 0.1) is 34.2 Å². The number of benzene rings is 1. The molecule has 0 unspecified atom stereocenters. The van der Waals surface area contributed by atoms with Crippen LogP contribution in [0.15, 0.2) is 36.4 Å². The van der Waals surface area contributed by atoms with Crippen molar-refractivity contribution in [3.8, 4) is 9.88 Å². The van der Waals surface area contributed by atoms with Crippen molar-refractivity contribution >= 4 is 50.7 Å². The third-order valence-electron chi connectivity index (χ3n) is 3.70. The minimum Gasteiger partial charge on any atom is -0.468 e. The van der Waals surface area contributed by atoms with E-state index in [4.69, 9.17) is 0 Å². The standard InChI is InChI=1S/C18H16N2O5S2/c1-24-15(21)9-20(10-16(22)25-2)18(23)14-8-7-13(26-14)17-19-11-5-3-4-6-12(11)27-17/h3-8H,9-10H2,1-2H3. The van der Waals surface area contributed by atoms with Crippen molar-refractivity contribution in [1.82, 2.24) is 9.88 Å². The number of hydrogen-bond acceptors (Lipinski definition) is 8. The summed E-state index contributed by atoms with van der Waals surface area (Å²) in [6.45, 7) is -0.669. The van der Waals surface area contributed by atoms with Gasteiger partial charge >= 0.3 is 11.9 Å². The number of ether oxygens (including phenoxy) is 2. The van der Waals surface area contributed by atoms with Gasteiger partial charge in [0.25, 0.3) is 5.91 Å². The number of carbonyl (C=O) groups is 3. The molecule has 0 spiro atoms. The van der Waals surface area contributed by atoms with Gasteiger partial charge in [-0.05, 0) is 24.3 Å². The zero-order valence-corrected chi connectivity index (χ0v) is 16.3. The van der Waals surface area contributed by atoms with E-state index in [-0.39, 0.29) is 13.1 Å². The largest absolute Gasteiger partial charge is 0.468 e. The predicted molar refractivity (Wildman–Crippen MR) is 103 cm³/mol. The van der Waals surface area contributed by atoms with E-state index in [1.165, 1.54) is 36.9 Å². The number of thiazole rings is 1. The Morgan fingerprint density at radius 1 is 0.963 bits per heavy atom. The second kappa shape index (κ2) is 8.28. The van der Waals surface area contributed by atoms with Crippen LogP contribution in [0.1, 0.15) is 9.67 Å². The Bertz CT molecular complexity index is 943. The molecule has 0 saturated carbocycles. The zero-order chi connectivity index (χ0) is 19.4. The summed E-state index contributed by atoms with van der Waals surface area (Å²) < 4.78 is 10.3. The lowest BCUT2D eigenvalue weighted by atomic mass is 10.3. The number of aromatic nitrogens is 1. The fourth-order valence-corrected chi connectivity index (χ4v) is 4.34. The molecule has 0 fully saturated rings. The summed E-state index contributed by atoms with van der Waals surface area (Å²) in [4.78, 5) is 42.9. The molecule has 0 aliphatic rings. The first kappa shape index (κ1) is 19.0. The molecule has 2 heterocycles. The van der Waals surface area contributed by atoms with Crippen molar-refractivity contribution in [3.05, 3.63) is 41.3 Å². The molecule has 0 bridgehead atoms. The maximum atomic E-state index is 12.8. The Hall–Kier alpha value is -2.78. The van der Waals surface area contributed by atoms with Gasteiger partial charge in [0.15, 0.2) is 0 Å². The Morgan fingerprint density at radius 3 is 2.26 bits per heavy atom. The summed E-state index contributed by atoms with van der Waals surface area (Å²) >= 11 is 2.80. The van der Waals surface area contributed by atoms with Crippen LogP contribution < -0.4 is 0 Å². The molecule has 0 atom stereocenters. The number of carbonyl (C=O) groups excluding carboxylic acids is 3. The Balaban J connectivity index is 1.84. The highest BCUT2D eigenvalue weighted by atomic mass is 32.1. The van der Waals surface area contributed by atoms with Gasteiger partial charge in [0.2, 0.25) is 0 Å². The van der Waals surface area contributed by atoms with Crippen LogP contribution in [0.3, 0.4) is 0 Å². The van der Waals surface area contributed by atoms with Crippen molar-refractivity contribution in [3.63, 3.8) is 0 Å². The summed E-state index contributed by atoms with van der Waals surface area (Å²) in [6.07, 6.45) is 0. The van der Waals surface area contributed by atoms with Crippen LogP contribution in [0.25, 0.3) is 20.1 Å². The second-order valence-corrected chi connectivity index (χ2v) is 7.58. The summed E-state index contributed by atoms with van der Waals surface area (Å²) in [7, 11) is 2.44. The first-order valence-electron chi connectivity index (χ1n) is 7.90. The molecule has 27 heavy (non-hydrogen) atoms. The topological polar surface area (TPSA) is 85.8 Å². The average molecular weight is 404 g/mol. The molecule has 0 aliphatic carbocycles. The van der Waals surface area contributed by atoms with Gasteiger partial charge in [0.1, 0.15) is 18.1 Å². The smallest absolute Gasteiger partial charge is 0.325 e. The fraction of sp³-hybridized carbons (Fsp3) is 0.222. The number of esters is 2. The van der Waals surface area contributed by atoms with E-state index in [2.05, 4.69) is 14.5 Å². The van der Waals surface area contributed by atoms with Crippen LogP contribution in [0, 0.1) is 0 Å². The van der Waals surface area contributed by atoms with Crippen molar-refractivity contribution in [2.45, 2.75) is 0 Å². The molecule has 3 rings (SSSR count). The van der Waals surface area contributed by atoms with E-state index >= 15 is 0 Å². The van der Waals surface area contributed by atoms with Crippen LogP contribution in [-0.4, -0.2) is 55.0 Å². The number of rotatable bonds is 6. The van der Waals surface area contributed by atoms with E-state index in [0.717, 1.165) is 25.0 Å². The molecule has 0 aliphatic heterocycles. The lowest BCUT2D eigenvalue weighted by molar-refractivity contribution is -0.144. The number of fused-ring (bicyclic) bond motifs is 1. The molecule has 0 radical (unpaired) electrons. The molecule has 0 saturated heterocycles. The molecule has 1 aromatic carbocycles. The van der Waals surface area contributed by atoms with Crippen molar-refractivity contribution < 1.29 is 23.9 Å². The van der Waals surface area contributed by atoms with E-state index in [0.29, 0.717) is 4.88 Å². The maximum Gasteiger partial charge on any atom is 0.325 e. The Labute approximate surface area is 163 Å². The van der Waals surface area contributed by atoms with E-state index < -0.39 is 17.8 Å². The van der Waals surface area contributed by atoms with Gasteiger partial charge in [-0.15, -0.1) is 22.7 Å². The first-order chi connectivity index (χ1) is 13.0. The monoisotopic (exact) mass is 404 g/mol. The Morgan fingerprint density at radius 2 is 1.63 bits per heavy atom. The SMILES string of the molecule is COC(=O)CN(CC(=O)OC)C(=O)c1ccc(-c2nc3ccccc3s2)s1. The second-order valence-electron chi connectivity index (χ2n) is 5.46. The molecular weight excluding hydrogens is 388 g/mol. The lowest BCUT2D eigenvalue weighted by Crippen LogP contribution is -2.39. The van der Waals surface area contributed by atoms with Crippen LogP contribution in [0.4, 0.5) is 0 Å². The van der Waals surface area contributed by atoms with E-state index in [1.54, 1.807) is 6.07 Å². The Kier molecular flexibility index (Phi) is 5.82. The van der Waals surface area contributed by atoms with Gasteiger partial charge in [0, 0.05) is 0 Å². The normalized spacial score (nSPS) is 10.6. The van der Waals surface area contributed by atoms with Crippen LogP contribution >= 0.6 is 22.7 Å². The third-order valence-corrected chi connectivity index (χ3v) is 5.98. The minimum absolute atomic E-state index is 0.335. The molecule has 3 aromatic rings. The molecule has 2 aromatic heterocycles. The minimum atomic E-state index is -0.616. The quantitative estimate of drug-likeness (QED) is 0.587. The molecule has 140 valence electrons. The molecule has 9 heteroatoms. The summed E-state index contributed by atoms with van der Waals surface area (Å²) in [5.74, 6) is -1.67. The summed E-state index contributed by atoms with van der Waals surface area (Å²) in [5, 5.41) is 0.813. The van der Waals surface area contributed by atoms with Gasteiger partial charge < -0.3 is 14.4 Å². The predicted octanol–water partition coefficient (Wildman–Crippen LogP) is 2.81. The van der Waals surface area contributed by atoms with Gasteiger partial charge in [-0.1, -0.05) is 12.1 Å². The van der Waals surface area contributed by atoms with E-state index in [1.807, 2.05) is 30.3 Å². The lowest BCUT2D eigenvalue weighted by Gasteiger charge is -2.19. The number of amides is 1. The molecule has 7 nitrogen and oxygen atoms in total. The number of nitrogens with zero attached hydrogens (tertiary/aromatic N) is 2. The molecular formula is C18H16N2O5S2. The highest BCUT2D eigenvalue weighted by Gasteiger charge is 2.24. The summed E-state index contributed by atoms with van der Waals surface area (Å²) in [5.41, 5.74) is 0.900. The van der Waals surface area contributed by atoms with Gasteiger partial charge in [-0.25, -0.2) is 4.98 Å². The fourth-order valence-electron chi connectivity index (χ4n) is 2.34. The summed E-state index contributed by atoms with van der Waals surface area (Å²) in [6, 6.07) is 11.3. The zero-order valence-electron chi connectivity index (χ0n) is 14.6. The average Bonchev–Trinajstić information content (AvgIpc) is 3.33. The third kappa shape index (κ3) is 4.32. The van der Waals surface area contributed by atoms with Crippen molar-refractivity contribution in [2.24, 2.45) is 0 Å². The van der Waals surface area contributed by atoms with Crippen molar-refractivity contribution in [2.75, 3.05) is 27.3 Å². The molecule has 1 amide bonds. The van der Waals surface area contributed by atoms with Crippen LogP contribution in [0.5, 0.6) is 0 Å². The van der Waals surface area contributed by atoms with Crippen LogP contribution in [-0.2, 0) is 19.1 Å². The van der Waals surface area contributed by atoms with Gasteiger partial charge in [-0.2, -0.15) is 0 Å². The van der Waals surface area contributed by atoms with Gasteiger partial charge in [-0.3, -0.25) is 14.4 Å².